The summed E-state index contributed by atoms with van der Waals surface area (Å²) in [5.41, 5.74) is 1.25. The van der Waals surface area contributed by atoms with Crippen LogP contribution in [-0.4, -0.2) is 31.4 Å². The predicted octanol–water partition coefficient (Wildman–Crippen LogP) is 1.21. The zero-order valence-electron chi connectivity index (χ0n) is 9.36. The molecular weight excluding hydrogens is 190 g/mol. The summed E-state index contributed by atoms with van der Waals surface area (Å²) in [5, 5.41) is 12.3. The number of aryl methyl sites for hydroxylation is 1. The van der Waals surface area contributed by atoms with E-state index in [2.05, 4.69) is 18.3 Å². The highest BCUT2D eigenvalue weighted by Gasteiger charge is 2.03. The topological polar surface area (TPSA) is 41.5 Å². The molecule has 0 aliphatic rings. The summed E-state index contributed by atoms with van der Waals surface area (Å²) in [4.78, 5) is 0. The Morgan fingerprint density at radius 3 is 2.93 bits per heavy atom. The largest absolute Gasteiger partial charge is 0.491 e. The van der Waals surface area contributed by atoms with Crippen molar-refractivity contribution >= 4 is 0 Å². The van der Waals surface area contributed by atoms with Crippen LogP contribution >= 0.6 is 0 Å². The van der Waals surface area contributed by atoms with E-state index in [1.807, 2.05) is 18.2 Å². The Hall–Kier alpha value is -1.06. The van der Waals surface area contributed by atoms with Crippen LogP contribution in [0.3, 0.4) is 0 Å². The summed E-state index contributed by atoms with van der Waals surface area (Å²) in [7, 11) is 1.81. The molecule has 0 saturated carbocycles. The average Bonchev–Trinajstić information content (AvgIpc) is 2.27. The zero-order chi connectivity index (χ0) is 11.1. The number of benzene rings is 1. The van der Waals surface area contributed by atoms with Crippen molar-refractivity contribution in [1.29, 1.82) is 0 Å². The van der Waals surface area contributed by atoms with Gasteiger partial charge in [-0.05, 0) is 31.2 Å². The fourth-order valence-electron chi connectivity index (χ4n) is 1.34. The second kappa shape index (κ2) is 6.43. The molecule has 1 rings (SSSR count). The molecular formula is C12H19NO2. The van der Waals surface area contributed by atoms with Gasteiger partial charge in [0, 0.05) is 6.54 Å². The van der Waals surface area contributed by atoms with Crippen molar-refractivity contribution in [2.24, 2.45) is 0 Å². The fourth-order valence-corrected chi connectivity index (χ4v) is 1.34. The molecule has 0 heterocycles. The lowest BCUT2D eigenvalue weighted by molar-refractivity contribution is 0.108. The normalized spacial score (nSPS) is 12.5. The average molecular weight is 209 g/mol. The Balaban J connectivity index is 2.43. The van der Waals surface area contributed by atoms with Crippen molar-refractivity contribution in [3.05, 3.63) is 29.8 Å². The standard InChI is InChI=1S/C12H19NO2/c1-3-10-5-4-6-12(7-10)15-9-11(14)8-13-2/h4-7,11,13-14H,3,8-9H2,1-2H3. The molecule has 1 aromatic carbocycles. The third kappa shape index (κ3) is 4.32. The molecule has 2 N–H and O–H groups in total. The Morgan fingerprint density at radius 1 is 1.47 bits per heavy atom. The highest BCUT2D eigenvalue weighted by Crippen LogP contribution is 2.13. The van der Waals surface area contributed by atoms with Crippen LogP contribution in [-0.2, 0) is 6.42 Å². The maximum absolute atomic E-state index is 9.45. The van der Waals surface area contributed by atoms with Gasteiger partial charge in [0.15, 0.2) is 0 Å². The Morgan fingerprint density at radius 2 is 2.27 bits per heavy atom. The minimum atomic E-state index is -0.458. The van der Waals surface area contributed by atoms with E-state index in [1.165, 1.54) is 5.56 Å². The van der Waals surface area contributed by atoms with Crippen LogP contribution in [0, 0.1) is 0 Å². The van der Waals surface area contributed by atoms with E-state index in [9.17, 15) is 5.11 Å². The van der Waals surface area contributed by atoms with Gasteiger partial charge in [0.1, 0.15) is 18.5 Å². The molecule has 0 fully saturated rings. The molecule has 0 radical (unpaired) electrons. The van der Waals surface area contributed by atoms with Gasteiger partial charge in [0.2, 0.25) is 0 Å². The Bertz CT molecular complexity index is 289. The highest BCUT2D eigenvalue weighted by molar-refractivity contribution is 5.28. The lowest BCUT2D eigenvalue weighted by Gasteiger charge is -2.12. The van der Waals surface area contributed by atoms with Crippen LogP contribution in [0.5, 0.6) is 5.75 Å². The van der Waals surface area contributed by atoms with E-state index in [0.717, 1.165) is 12.2 Å². The van der Waals surface area contributed by atoms with Crippen molar-refractivity contribution in [3.8, 4) is 5.75 Å². The summed E-state index contributed by atoms with van der Waals surface area (Å²) < 4.78 is 5.47. The maximum atomic E-state index is 9.45. The van der Waals surface area contributed by atoms with Crippen molar-refractivity contribution < 1.29 is 9.84 Å². The monoisotopic (exact) mass is 209 g/mol. The first-order chi connectivity index (χ1) is 7.26. The summed E-state index contributed by atoms with van der Waals surface area (Å²) in [5.74, 6) is 0.824. The van der Waals surface area contributed by atoms with E-state index >= 15 is 0 Å². The molecule has 3 nitrogen and oxygen atoms in total. The number of aliphatic hydroxyl groups excluding tert-OH is 1. The first-order valence-corrected chi connectivity index (χ1v) is 5.30. The van der Waals surface area contributed by atoms with E-state index in [0.29, 0.717) is 13.2 Å². The minimum absolute atomic E-state index is 0.327. The summed E-state index contributed by atoms with van der Waals surface area (Å²) >= 11 is 0. The molecule has 0 bridgehead atoms. The molecule has 0 saturated heterocycles. The smallest absolute Gasteiger partial charge is 0.119 e. The third-order valence-corrected chi connectivity index (χ3v) is 2.19. The second-order valence-corrected chi connectivity index (χ2v) is 3.52. The summed E-state index contributed by atoms with van der Waals surface area (Å²) in [6, 6.07) is 7.95. The molecule has 3 heteroatoms. The first kappa shape index (κ1) is 12.0. The zero-order valence-corrected chi connectivity index (χ0v) is 9.36. The van der Waals surface area contributed by atoms with Crippen molar-refractivity contribution in [2.45, 2.75) is 19.4 Å². The van der Waals surface area contributed by atoms with Crippen molar-refractivity contribution in [1.82, 2.24) is 5.32 Å². The number of ether oxygens (including phenoxy) is 1. The van der Waals surface area contributed by atoms with Crippen molar-refractivity contribution in [2.75, 3.05) is 20.2 Å². The molecule has 84 valence electrons. The number of aliphatic hydroxyl groups is 1. The number of rotatable bonds is 6. The summed E-state index contributed by atoms with van der Waals surface area (Å²) in [6.45, 7) is 2.98. The van der Waals surface area contributed by atoms with Gasteiger partial charge in [0.05, 0.1) is 0 Å². The van der Waals surface area contributed by atoms with Gasteiger partial charge in [0.25, 0.3) is 0 Å². The SMILES string of the molecule is CCc1cccc(OCC(O)CNC)c1. The van der Waals surface area contributed by atoms with Crippen LogP contribution < -0.4 is 10.1 Å². The predicted molar refractivity (Wildman–Crippen MR) is 61.2 cm³/mol. The number of likely N-dealkylation sites (N-methyl/N-ethyl adjacent to an activating group) is 1. The Kier molecular flexibility index (Phi) is 5.15. The minimum Gasteiger partial charge on any atom is -0.491 e. The molecule has 0 aliphatic heterocycles. The van der Waals surface area contributed by atoms with Gasteiger partial charge >= 0.3 is 0 Å². The van der Waals surface area contributed by atoms with Crippen LogP contribution in [0.25, 0.3) is 0 Å². The molecule has 0 amide bonds. The lowest BCUT2D eigenvalue weighted by atomic mass is 10.2. The number of hydrogen-bond acceptors (Lipinski definition) is 3. The molecule has 0 spiro atoms. The quantitative estimate of drug-likeness (QED) is 0.740. The van der Waals surface area contributed by atoms with Gasteiger partial charge in [-0.2, -0.15) is 0 Å². The van der Waals surface area contributed by atoms with Crippen LogP contribution in [0.15, 0.2) is 24.3 Å². The van der Waals surface area contributed by atoms with E-state index < -0.39 is 6.10 Å². The van der Waals surface area contributed by atoms with Crippen LogP contribution in [0.1, 0.15) is 12.5 Å². The maximum Gasteiger partial charge on any atom is 0.119 e. The highest BCUT2D eigenvalue weighted by atomic mass is 16.5. The molecule has 15 heavy (non-hydrogen) atoms. The third-order valence-electron chi connectivity index (χ3n) is 2.19. The Labute approximate surface area is 91.1 Å². The van der Waals surface area contributed by atoms with Gasteiger partial charge < -0.3 is 15.2 Å². The van der Waals surface area contributed by atoms with Crippen LogP contribution in [0.4, 0.5) is 0 Å². The van der Waals surface area contributed by atoms with Crippen LogP contribution in [0.2, 0.25) is 0 Å². The number of nitrogens with one attached hydrogen (secondary N) is 1. The fraction of sp³-hybridized carbons (Fsp3) is 0.500. The second-order valence-electron chi connectivity index (χ2n) is 3.52. The first-order valence-electron chi connectivity index (χ1n) is 5.30. The van der Waals surface area contributed by atoms with Gasteiger partial charge in [-0.1, -0.05) is 19.1 Å². The molecule has 0 aromatic heterocycles. The van der Waals surface area contributed by atoms with E-state index in [4.69, 9.17) is 4.74 Å². The molecule has 0 aliphatic carbocycles. The summed E-state index contributed by atoms with van der Waals surface area (Å²) in [6.07, 6.45) is 0.538. The van der Waals surface area contributed by atoms with Gasteiger partial charge in [-0.25, -0.2) is 0 Å². The van der Waals surface area contributed by atoms with Crippen molar-refractivity contribution in [3.63, 3.8) is 0 Å². The molecule has 1 aromatic rings. The molecule has 1 atom stereocenters. The number of hydrogen-bond donors (Lipinski definition) is 2. The lowest BCUT2D eigenvalue weighted by Crippen LogP contribution is -2.29. The van der Waals surface area contributed by atoms with Gasteiger partial charge in [-0.15, -0.1) is 0 Å². The van der Waals surface area contributed by atoms with E-state index in [-0.39, 0.29) is 0 Å². The molecule has 1 unspecified atom stereocenters. The van der Waals surface area contributed by atoms with Gasteiger partial charge in [-0.3, -0.25) is 0 Å². The van der Waals surface area contributed by atoms with E-state index in [1.54, 1.807) is 7.05 Å².